The summed E-state index contributed by atoms with van der Waals surface area (Å²) in [5.41, 5.74) is 3.73. The van der Waals surface area contributed by atoms with E-state index in [-0.39, 0.29) is 8.76 Å². The van der Waals surface area contributed by atoms with E-state index in [4.69, 9.17) is 4.52 Å². The molecule has 1 aromatic heterocycles. The van der Waals surface area contributed by atoms with Gasteiger partial charge in [0.05, 0.1) is 17.6 Å². The van der Waals surface area contributed by atoms with Crippen LogP contribution in [-0.4, -0.2) is 17.3 Å². The maximum Gasteiger partial charge on any atom is 0.256 e. The van der Waals surface area contributed by atoms with Gasteiger partial charge in [0.15, 0.2) is 0 Å². The first kappa shape index (κ1) is 18.6. The van der Waals surface area contributed by atoms with Gasteiger partial charge in [-0.15, -0.1) is 0 Å². The Morgan fingerprint density at radius 2 is 2.36 bits per heavy atom. The largest absolute Gasteiger partial charge is 0.361 e. The minimum Gasteiger partial charge on any atom is -0.361 e. The highest BCUT2D eigenvalue weighted by Crippen LogP contribution is 2.43. The lowest BCUT2D eigenvalue weighted by molar-refractivity contribution is 0.0949. The Morgan fingerprint density at radius 3 is 3.21 bits per heavy atom. The Morgan fingerprint density at radius 1 is 1.46 bits per heavy atom. The maximum atomic E-state index is 12.4. The van der Waals surface area contributed by atoms with E-state index < -0.39 is 0 Å². The Labute approximate surface area is 171 Å². The summed E-state index contributed by atoms with van der Waals surface area (Å²) in [6.45, 7) is 4.58. The van der Waals surface area contributed by atoms with Gasteiger partial charge < -0.3 is 15.2 Å². The molecule has 3 heterocycles. The average Bonchev–Trinajstić information content (AvgIpc) is 3.18. The number of amides is 1. The smallest absolute Gasteiger partial charge is 0.256 e. The van der Waals surface area contributed by atoms with Crippen molar-refractivity contribution in [2.45, 2.75) is 38.1 Å². The number of hydrogen-bond acceptors (Lipinski definition) is 6. The molecule has 2 aromatic rings. The number of thioether (sulfide) groups is 1. The summed E-state index contributed by atoms with van der Waals surface area (Å²) in [5.74, 6) is 0.806. The first-order valence-corrected chi connectivity index (χ1v) is 10.2. The highest BCUT2D eigenvalue weighted by atomic mass is 32.2. The summed E-state index contributed by atoms with van der Waals surface area (Å²) >= 11 is 1.68. The molecular weight excluding hydrogens is 372 g/mol. The second-order valence-corrected chi connectivity index (χ2v) is 7.85. The third-order valence-electron chi connectivity index (χ3n) is 4.81. The molecule has 1 amide bonds. The molecule has 0 saturated carbocycles. The fourth-order valence-corrected chi connectivity index (χ4v) is 4.26. The van der Waals surface area contributed by atoms with E-state index in [1.165, 1.54) is 6.20 Å². The van der Waals surface area contributed by atoms with E-state index in [9.17, 15) is 4.79 Å². The molecule has 1 aromatic carbocycles. The van der Waals surface area contributed by atoms with Gasteiger partial charge in [-0.2, -0.15) is 0 Å². The monoisotopic (exact) mass is 398 g/mol. The van der Waals surface area contributed by atoms with Crippen LogP contribution in [0.1, 0.15) is 44.8 Å². The highest BCUT2D eigenvalue weighted by Gasteiger charge is 2.23. The second-order valence-electron chi connectivity index (χ2n) is 6.82. The number of carbonyl (C=O) groups excluding carboxylic acids is 1. The zero-order valence-corrected chi connectivity index (χ0v) is 16.7. The molecule has 2 aliphatic rings. The van der Waals surface area contributed by atoms with Gasteiger partial charge in [-0.1, -0.05) is 42.9 Å². The Bertz CT molecular complexity index is 1000. The second kappa shape index (κ2) is 8.06. The average molecular weight is 399 g/mol. The van der Waals surface area contributed by atoms with Crippen LogP contribution in [0, 0.1) is 5.92 Å². The zero-order valence-electron chi connectivity index (χ0n) is 15.9. The van der Waals surface area contributed by atoms with E-state index in [1.807, 2.05) is 25.3 Å². The van der Waals surface area contributed by atoms with Gasteiger partial charge in [0.25, 0.3) is 5.91 Å². The van der Waals surface area contributed by atoms with E-state index in [0.29, 0.717) is 30.2 Å². The molecule has 0 aliphatic carbocycles. The number of nitrogens with zero attached hydrogens (tertiary/aromatic N) is 2. The summed E-state index contributed by atoms with van der Waals surface area (Å²) in [6.07, 6.45) is 9.07. The lowest BCUT2D eigenvalue weighted by Crippen LogP contribution is -2.23. The van der Waals surface area contributed by atoms with Crippen molar-refractivity contribution in [2.24, 2.45) is 10.9 Å². The summed E-state index contributed by atoms with van der Waals surface area (Å²) in [5, 5.41) is 11.2. The van der Waals surface area contributed by atoms with Gasteiger partial charge in [0, 0.05) is 32.8 Å². The van der Waals surface area contributed by atoms with E-state index in [2.05, 4.69) is 45.9 Å². The fourth-order valence-electron chi connectivity index (χ4n) is 3.22. The molecule has 148 valence electrons. The van der Waals surface area contributed by atoms with Crippen LogP contribution in [0.2, 0.25) is 0 Å². The Hall–Kier alpha value is -2.80. The standard InChI is InChI=1S/C21H22N4O2S.2H2/c1-3-17-15(12-24-27-17)20(26)23-11-14-7-8-18-16(10-14)25-19-13(2)6-4-5-9-22-21(19)28-18;;/h4-5,7-10,12-13,25H,3,6,11H2,1-2H3,(H,23,26);2*1H/b5-4+,22-9-;;. The van der Waals surface area contributed by atoms with E-state index >= 15 is 0 Å². The predicted molar refractivity (Wildman–Crippen MR) is 116 cm³/mol. The molecule has 0 bridgehead atoms. The van der Waals surface area contributed by atoms with Crippen LogP contribution in [0.15, 0.2) is 61.7 Å². The van der Waals surface area contributed by atoms with Crippen LogP contribution >= 0.6 is 11.8 Å². The number of aliphatic imine (C=N–C) groups is 1. The van der Waals surface area contributed by atoms with Crippen molar-refractivity contribution in [3.63, 3.8) is 0 Å². The van der Waals surface area contributed by atoms with E-state index in [1.54, 1.807) is 11.8 Å². The van der Waals surface area contributed by atoms with Crippen molar-refractivity contribution in [3.05, 3.63) is 64.2 Å². The topological polar surface area (TPSA) is 79.5 Å². The maximum absolute atomic E-state index is 12.4. The number of fused-ring (bicyclic) bond motifs is 1. The Kier molecular flexibility index (Phi) is 5.34. The van der Waals surface area contributed by atoms with Crippen LogP contribution in [-0.2, 0) is 13.0 Å². The number of allylic oxidation sites excluding steroid dienone is 3. The van der Waals surface area contributed by atoms with E-state index in [0.717, 1.165) is 33.3 Å². The van der Waals surface area contributed by atoms with Crippen molar-refractivity contribution in [3.8, 4) is 0 Å². The Balaban J connectivity index is 0.00000160. The fraction of sp³-hybridized carbons (Fsp3) is 0.286. The summed E-state index contributed by atoms with van der Waals surface area (Å²) in [4.78, 5) is 18.1. The van der Waals surface area contributed by atoms with Crippen molar-refractivity contribution in [2.75, 3.05) is 5.32 Å². The minimum absolute atomic E-state index is 0. The molecule has 0 saturated heterocycles. The van der Waals surface area contributed by atoms with Gasteiger partial charge in [0.2, 0.25) is 0 Å². The van der Waals surface area contributed by atoms with Gasteiger partial charge in [-0.3, -0.25) is 4.79 Å². The van der Waals surface area contributed by atoms with Gasteiger partial charge in [0.1, 0.15) is 16.4 Å². The van der Waals surface area contributed by atoms with Crippen LogP contribution in [0.5, 0.6) is 0 Å². The number of aromatic nitrogens is 1. The van der Waals surface area contributed by atoms with Gasteiger partial charge in [-0.25, -0.2) is 4.99 Å². The van der Waals surface area contributed by atoms with Crippen LogP contribution in [0.3, 0.4) is 0 Å². The molecule has 2 N–H and O–H groups in total. The van der Waals surface area contributed by atoms with Crippen molar-refractivity contribution in [1.29, 1.82) is 0 Å². The van der Waals surface area contributed by atoms with Crippen molar-refractivity contribution >= 4 is 29.6 Å². The zero-order chi connectivity index (χ0) is 19.5. The van der Waals surface area contributed by atoms with Crippen molar-refractivity contribution < 1.29 is 12.2 Å². The molecule has 2 aliphatic heterocycles. The summed E-state index contributed by atoms with van der Waals surface area (Å²) in [6, 6.07) is 6.19. The predicted octanol–water partition coefficient (Wildman–Crippen LogP) is 5.01. The molecule has 4 rings (SSSR count). The summed E-state index contributed by atoms with van der Waals surface area (Å²) < 4.78 is 5.10. The summed E-state index contributed by atoms with van der Waals surface area (Å²) in [7, 11) is 0. The molecule has 1 unspecified atom stereocenters. The molecule has 0 fully saturated rings. The molecular formula is C21H26N4O2S. The lowest BCUT2D eigenvalue weighted by atomic mass is 10.0. The number of carbonyl (C=O) groups is 1. The SMILES string of the molecule is CCc1oncc1C(=O)NCc1ccc2c(c1)NC1=C(/N=C\C=C\CC1C)S2.[HH].[HH]. The van der Waals surface area contributed by atoms with Gasteiger partial charge in [-0.05, 0) is 30.2 Å². The van der Waals surface area contributed by atoms with Crippen molar-refractivity contribution in [1.82, 2.24) is 10.5 Å². The number of aryl methyl sites for hydroxylation is 1. The highest BCUT2D eigenvalue weighted by molar-refractivity contribution is 8.03. The third kappa shape index (κ3) is 3.75. The van der Waals surface area contributed by atoms with Crippen LogP contribution in [0.4, 0.5) is 5.69 Å². The lowest BCUT2D eigenvalue weighted by Gasteiger charge is -2.26. The van der Waals surface area contributed by atoms with Crippen LogP contribution < -0.4 is 10.6 Å². The first-order chi connectivity index (χ1) is 13.7. The first-order valence-electron chi connectivity index (χ1n) is 9.38. The number of nitrogens with one attached hydrogen (secondary N) is 2. The third-order valence-corrected chi connectivity index (χ3v) is 5.91. The molecule has 6 nitrogen and oxygen atoms in total. The molecule has 28 heavy (non-hydrogen) atoms. The molecule has 0 radical (unpaired) electrons. The van der Waals surface area contributed by atoms with Gasteiger partial charge >= 0.3 is 0 Å². The number of benzene rings is 1. The molecule has 0 spiro atoms. The number of hydrogen-bond donors (Lipinski definition) is 2. The number of rotatable bonds is 4. The quantitative estimate of drug-likeness (QED) is 0.756. The molecule has 7 heteroatoms. The van der Waals surface area contributed by atoms with Crippen LogP contribution in [0.25, 0.3) is 0 Å². The minimum atomic E-state index is -0.169. The number of anilines is 1. The molecule has 1 atom stereocenters. The normalized spacial score (nSPS) is 20.3.